The third-order valence-corrected chi connectivity index (χ3v) is 5.20. The minimum atomic E-state index is -0.906. The Hall–Kier alpha value is -2.90. The number of aromatic hydroxyl groups is 1. The van der Waals surface area contributed by atoms with Gasteiger partial charge in [0.15, 0.2) is 0 Å². The van der Waals surface area contributed by atoms with Gasteiger partial charge in [0.25, 0.3) is 0 Å². The molecule has 0 bridgehead atoms. The van der Waals surface area contributed by atoms with E-state index in [9.17, 15) is 15.0 Å². The van der Waals surface area contributed by atoms with E-state index in [4.69, 9.17) is 5.73 Å². The number of benzene rings is 1. The highest BCUT2D eigenvalue weighted by Gasteiger charge is 2.27. The molecule has 1 aromatic carbocycles. The molecule has 2 heterocycles. The van der Waals surface area contributed by atoms with Gasteiger partial charge in [-0.15, -0.1) is 0 Å². The number of carbonyl (C=O) groups is 1. The van der Waals surface area contributed by atoms with Crippen LogP contribution in [-0.4, -0.2) is 50.3 Å². The minimum absolute atomic E-state index is 0.121. The second kappa shape index (κ2) is 8.08. The number of hydrogen-bond donors (Lipinski definition) is 3. The third-order valence-electron chi connectivity index (χ3n) is 5.20. The zero-order valence-corrected chi connectivity index (χ0v) is 18.2. The predicted octanol–water partition coefficient (Wildman–Crippen LogP) is 2.91. The summed E-state index contributed by atoms with van der Waals surface area (Å²) in [6.45, 7) is 4.38. The van der Waals surface area contributed by atoms with Crippen LogP contribution in [0, 0.1) is 0 Å². The molecule has 30 heavy (non-hydrogen) atoms. The molecule has 3 aromatic rings. The van der Waals surface area contributed by atoms with E-state index in [-0.39, 0.29) is 12.2 Å². The van der Waals surface area contributed by atoms with Gasteiger partial charge in [-0.05, 0) is 52.1 Å². The number of carboxylic acid groups (broad SMARTS) is 1. The van der Waals surface area contributed by atoms with Crippen molar-refractivity contribution in [3.63, 3.8) is 0 Å². The van der Waals surface area contributed by atoms with Gasteiger partial charge in [0.1, 0.15) is 5.75 Å². The minimum Gasteiger partial charge on any atom is -0.507 e. The molecular formula is C23H30N4O3. The Morgan fingerprint density at radius 1 is 1.30 bits per heavy atom. The first-order chi connectivity index (χ1) is 14.0. The fraction of sp³-hybridized carbons (Fsp3) is 0.391. The van der Waals surface area contributed by atoms with E-state index >= 15 is 0 Å². The number of hydrogen-bond acceptors (Lipinski definition) is 5. The summed E-state index contributed by atoms with van der Waals surface area (Å²) in [5.41, 5.74) is 10.4. The first-order valence-electron chi connectivity index (χ1n) is 9.90. The van der Waals surface area contributed by atoms with Crippen LogP contribution in [0.1, 0.15) is 30.7 Å². The van der Waals surface area contributed by atoms with Crippen LogP contribution in [0.25, 0.3) is 22.0 Å². The summed E-state index contributed by atoms with van der Waals surface area (Å²) in [7, 11) is 5.84. The number of aromatic nitrogens is 2. The van der Waals surface area contributed by atoms with Crippen molar-refractivity contribution < 1.29 is 15.0 Å². The number of phenolic OH excluding ortho intramolecular Hbond substituents is 1. The van der Waals surface area contributed by atoms with Crippen molar-refractivity contribution in [3.8, 4) is 16.9 Å². The van der Waals surface area contributed by atoms with E-state index < -0.39 is 11.5 Å². The maximum Gasteiger partial charge on any atom is 0.307 e. The Morgan fingerprint density at radius 3 is 2.53 bits per heavy atom. The lowest BCUT2D eigenvalue weighted by Gasteiger charge is -2.22. The predicted molar refractivity (Wildman–Crippen MR) is 119 cm³/mol. The number of phenols is 1. The summed E-state index contributed by atoms with van der Waals surface area (Å²) in [6, 6.07) is 5.64. The van der Waals surface area contributed by atoms with Crippen LogP contribution < -0.4 is 5.73 Å². The maximum absolute atomic E-state index is 11.7. The van der Waals surface area contributed by atoms with Crippen LogP contribution in [0.5, 0.6) is 5.75 Å². The zero-order valence-electron chi connectivity index (χ0n) is 18.2. The fourth-order valence-electron chi connectivity index (χ4n) is 4.02. The molecule has 0 aliphatic carbocycles. The zero-order chi connectivity index (χ0) is 22.2. The normalized spacial score (nSPS) is 12.1. The van der Waals surface area contributed by atoms with Gasteiger partial charge < -0.3 is 25.4 Å². The van der Waals surface area contributed by atoms with Crippen molar-refractivity contribution in [2.75, 3.05) is 14.1 Å². The molecule has 2 aromatic heterocycles. The summed E-state index contributed by atoms with van der Waals surface area (Å²) < 4.78 is 2.03. The lowest BCUT2D eigenvalue weighted by atomic mass is 9.88. The third kappa shape index (κ3) is 4.32. The average Bonchev–Trinajstić information content (AvgIpc) is 2.88. The Bertz CT molecular complexity index is 1080. The number of fused-ring (bicyclic) bond motifs is 1. The number of nitrogens with zero attached hydrogens (tertiary/aromatic N) is 3. The number of aryl methyl sites for hydroxylation is 1. The summed E-state index contributed by atoms with van der Waals surface area (Å²) in [5, 5.41) is 21.7. The molecule has 0 spiro atoms. The van der Waals surface area contributed by atoms with Crippen LogP contribution in [0.2, 0.25) is 0 Å². The lowest BCUT2D eigenvalue weighted by molar-refractivity contribution is -0.136. The van der Waals surface area contributed by atoms with Gasteiger partial charge in [-0.1, -0.05) is 6.07 Å². The Morgan fingerprint density at radius 2 is 2.00 bits per heavy atom. The molecule has 7 nitrogen and oxygen atoms in total. The number of pyridine rings is 1. The highest BCUT2D eigenvalue weighted by atomic mass is 16.4. The molecule has 0 fully saturated rings. The molecule has 7 heteroatoms. The molecule has 0 unspecified atom stereocenters. The standard InChI is InChI=1S/C23H30N4O3/c1-23(2,24)11-17-21-16(10-20(28)29)19(13-26(3)4)27(5)18(21)9-15(22(17)30)14-7-6-8-25-12-14/h6-9,12,30H,10-11,13,24H2,1-5H3,(H,28,29). The Labute approximate surface area is 176 Å². The molecule has 3 rings (SSSR count). The van der Waals surface area contributed by atoms with Gasteiger partial charge in [0.05, 0.1) is 6.42 Å². The number of aliphatic carboxylic acids is 1. The summed E-state index contributed by atoms with van der Waals surface area (Å²) >= 11 is 0. The van der Waals surface area contributed by atoms with Crippen molar-refractivity contribution >= 4 is 16.9 Å². The van der Waals surface area contributed by atoms with Crippen LogP contribution in [0.3, 0.4) is 0 Å². The molecular weight excluding hydrogens is 380 g/mol. The van der Waals surface area contributed by atoms with E-state index in [1.807, 2.05) is 62.7 Å². The SMILES string of the molecule is CN(C)Cc1c(CC(=O)O)c2c(CC(C)(C)N)c(O)c(-c3cccnc3)cc2n1C. The van der Waals surface area contributed by atoms with E-state index in [0.717, 1.165) is 27.7 Å². The highest BCUT2D eigenvalue weighted by molar-refractivity contribution is 5.97. The quantitative estimate of drug-likeness (QED) is 0.553. The van der Waals surface area contributed by atoms with Gasteiger partial charge in [-0.2, -0.15) is 0 Å². The first kappa shape index (κ1) is 21.8. The van der Waals surface area contributed by atoms with E-state index in [1.54, 1.807) is 12.4 Å². The summed E-state index contributed by atoms with van der Waals surface area (Å²) in [6.07, 6.45) is 3.68. The first-order valence-corrected chi connectivity index (χ1v) is 9.90. The molecule has 0 atom stereocenters. The fourth-order valence-corrected chi connectivity index (χ4v) is 4.02. The second-order valence-electron chi connectivity index (χ2n) is 8.85. The van der Waals surface area contributed by atoms with Crippen LogP contribution in [0.4, 0.5) is 0 Å². The van der Waals surface area contributed by atoms with Gasteiger partial charge in [-0.3, -0.25) is 9.78 Å². The lowest BCUT2D eigenvalue weighted by Crippen LogP contribution is -2.34. The molecule has 0 amide bonds. The Balaban J connectivity index is 2.44. The van der Waals surface area contributed by atoms with Gasteiger partial charge >= 0.3 is 5.97 Å². The van der Waals surface area contributed by atoms with Crippen molar-refractivity contribution in [2.45, 2.75) is 38.8 Å². The highest BCUT2D eigenvalue weighted by Crippen LogP contribution is 2.42. The smallest absolute Gasteiger partial charge is 0.307 e. The monoisotopic (exact) mass is 410 g/mol. The van der Waals surface area contributed by atoms with Gasteiger partial charge in [-0.25, -0.2) is 0 Å². The molecule has 0 saturated carbocycles. The molecule has 0 saturated heterocycles. The van der Waals surface area contributed by atoms with Crippen molar-refractivity contribution in [2.24, 2.45) is 12.8 Å². The van der Waals surface area contributed by atoms with Crippen LogP contribution >= 0.6 is 0 Å². The van der Waals surface area contributed by atoms with Crippen molar-refractivity contribution in [3.05, 3.63) is 47.4 Å². The average molecular weight is 411 g/mol. The van der Waals surface area contributed by atoms with Crippen molar-refractivity contribution in [1.29, 1.82) is 0 Å². The molecule has 0 aliphatic heterocycles. The largest absolute Gasteiger partial charge is 0.507 e. The van der Waals surface area contributed by atoms with Crippen LogP contribution in [-0.2, 0) is 31.2 Å². The molecule has 4 N–H and O–H groups in total. The van der Waals surface area contributed by atoms with E-state index in [0.29, 0.717) is 24.1 Å². The van der Waals surface area contributed by atoms with Gasteiger partial charge in [0.2, 0.25) is 0 Å². The number of nitrogens with two attached hydrogens (primary N) is 1. The summed E-state index contributed by atoms with van der Waals surface area (Å²) in [4.78, 5) is 17.9. The second-order valence-corrected chi connectivity index (χ2v) is 8.85. The topological polar surface area (TPSA) is 105 Å². The number of rotatable bonds is 7. The van der Waals surface area contributed by atoms with E-state index in [1.165, 1.54) is 0 Å². The molecule has 160 valence electrons. The Kier molecular flexibility index (Phi) is 5.87. The summed E-state index contributed by atoms with van der Waals surface area (Å²) in [5.74, 6) is -0.779. The van der Waals surface area contributed by atoms with Gasteiger partial charge in [0, 0.05) is 64.8 Å². The van der Waals surface area contributed by atoms with Crippen LogP contribution in [0.15, 0.2) is 30.6 Å². The molecule has 0 aliphatic rings. The van der Waals surface area contributed by atoms with Crippen molar-refractivity contribution in [1.82, 2.24) is 14.5 Å². The molecule has 0 radical (unpaired) electrons. The number of carboxylic acids is 1. The maximum atomic E-state index is 11.7. The van der Waals surface area contributed by atoms with E-state index in [2.05, 4.69) is 4.98 Å².